The SMILES string of the molecule is CC(C)CNC(=O)C=CC=C[C@@H]1C[C@H]1c1ccc(Cl)c(Cl)c1. The van der Waals surface area contributed by atoms with Crippen molar-refractivity contribution in [2.45, 2.75) is 26.2 Å². The Hall–Kier alpha value is -1.25. The quantitative estimate of drug-likeness (QED) is 0.575. The topological polar surface area (TPSA) is 29.1 Å². The van der Waals surface area contributed by atoms with Crippen LogP contribution in [0.25, 0.3) is 0 Å². The van der Waals surface area contributed by atoms with Crippen LogP contribution in [0, 0.1) is 11.8 Å². The molecule has 2 nitrogen and oxygen atoms in total. The Kier molecular flexibility index (Phi) is 6.10. The van der Waals surface area contributed by atoms with Gasteiger partial charge in [-0.2, -0.15) is 0 Å². The summed E-state index contributed by atoms with van der Waals surface area (Å²) in [5.41, 5.74) is 1.22. The zero-order valence-electron chi connectivity index (χ0n) is 12.9. The number of benzene rings is 1. The third-order valence-electron chi connectivity index (χ3n) is 3.61. The van der Waals surface area contributed by atoms with E-state index in [4.69, 9.17) is 23.2 Å². The number of amides is 1. The minimum Gasteiger partial charge on any atom is -0.352 e. The Morgan fingerprint density at radius 1 is 1.32 bits per heavy atom. The van der Waals surface area contributed by atoms with E-state index >= 15 is 0 Å². The molecule has 22 heavy (non-hydrogen) atoms. The Morgan fingerprint density at radius 3 is 2.77 bits per heavy atom. The number of allylic oxidation sites excluding steroid dienone is 3. The fourth-order valence-corrected chi connectivity index (χ4v) is 2.57. The van der Waals surface area contributed by atoms with Crippen LogP contribution in [0.1, 0.15) is 31.7 Å². The zero-order valence-corrected chi connectivity index (χ0v) is 14.4. The summed E-state index contributed by atoms with van der Waals surface area (Å²) in [5, 5.41) is 4.04. The maximum Gasteiger partial charge on any atom is 0.243 e. The van der Waals surface area contributed by atoms with E-state index in [1.165, 1.54) is 5.56 Å². The number of carbonyl (C=O) groups excluding carboxylic acids is 1. The molecule has 1 saturated carbocycles. The molecule has 0 saturated heterocycles. The lowest BCUT2D eigenvalue weighted by Crippen LogP contribution is -2.25. The van der Waals surface area contributed by atoms with Crippen LogP contribution >= 0.6 is 23.2 Å². The lowest BCUT2D eigenvalue weighted by molar-refractivity contribution is -0.116. The summed E-state index contributed by atoms with van der Waals surface area (Å²) in [6.07, 6.45) is 8.55. The minimum atomic E-state index is -0.0461. The molecule has 1 aliphatic carbocycles. The van der Waals surface area contributed by atoms with Crippen LogP contribution in [0.4, 0.5) is 0 Å². The monoisotopic (exact) mass is 337 g/mol. The van der Waals surface area contributed by atoms with Crippen LogP contribution in [0.15, 0.2) is 42.5 Å². The van der Waals surface area contributed by atoms with E-state index in [1.807, 2.05) is 24.3 Å². The fraction of sp³-hybridized carbons (Fsp3) is 0.389. The van der Waals surface area contributed by atoms with Gasteiger partial charge in [-0.25, -0.2) is 0 Å². The van der Waals surface area contributed by atoms with Gasteiger partial charge in [0.2, 0.25) is 5.91 Å². The maximum absolute atomic E-state index is 11.5. The Morgan fingerprint density at radius 2 is 2.09 bits per heavy atom. The van der Waals surface area contributed by atoms with Crippen LogP contribution in [0.2, 0.25) is 10.0 Å². The van der Waals surface area contributed by atoms with E-state index in [1.54, 1.807) is 12.2 Å². The van der Waals surface area contributed by atoms with Gasteiger partial charge in [-0.1, -0.05) is 61.3 Å². The van der Waals surface area contributed by atoms with E-state index in [2.05, 4.69) is 25.2 Å². The van der Waals surface area contributed by atoms with Gasteiger partial charge in [-0.15, -0.1) is 0 Å². The predicted molar refractivity (Wildman–Crippen MR) is 93.4 cm³/mol. The number of hydrogen-bond donors (Lipinski definition) is 1. The molecule has 0 aromatic heterocycles. The summed E-state index contributed by atoms with van der Waals surface area (Å²) in [5.74, 6) is 1.44. The zero-order chi connectivity index (χ0) is 16.1. The fourth-order valence-electron chi connectivity index (χ4n) is 2.27. The minimum absolute atomic E-state index is 0.0461. The highest BCUT2D eigenvalue weighted by atomic mass is 35.5. The van der Waals surface area contributed by atoms with E-state index in [0.29, 0.717) is 34.3 Å². The van der Waals surface area contributed by atoms with E-state index in [9.17, 15) is 4.79 Å². The standard InChI is InChI=1S/C18H21Cl2NO/c1-12(2)11-21-18(22)6-4-3-5-13-9-15(13)14-7-8-16(19)17(20)10-14/h3-8,10,12-13,15H,9,11H2,1-2H3,(H,21,22)/t13-,15-/m1/s1. The average Bonchev–Trinajstić information content (AvgIpc) is 3.24. The van der Waals surface area contributed by atoms with Crippen molar-refractivity contribution in [3.63, 3.8) is 0 Å². The Labute approximate surface area is 142 Å². The first-order valence-corrected chi connectivity index (χ1v) is 8.30. The van der Waals surface area contributed by atoms with E-state index in [-0.39, 0.29) is 5.91 Å². The van der Waals surface area contributed by atoms with Gasteiger partial charge in [0, 0.05) is 12.6 Å². The average molecular weight is 338 g/mol. The molecule has 1 amide bonds. The molecule has 0 spiro atoms. The van der Waals surface area contributed by atoms with Gasteiger partial charge < -0.3 is 5.32 Å². The van der Waals surface area contributed by atoms with Crippen LogP contribution in [-0.4, -0.2) is 12.5 Å². The first kappa shape index (κ1) is 17.1. The molecule has 2 atom stereocenters. The summed E-state index contributed by atoms with van der Waals surface area (Å²) in [6.45, 7) is 4.84. The van der Waals surface area contributed by atoms with E-state index in [0.717, 1.165) is 6.42 Å². The molecule has 0 unspecified atom stereocenters. The first-order chi connectivity index (χ1) is 10.5. The third-order valence-corrected chi connectivity index (χ3v) is 4.35. The number of halogens is 2. The van der Waals surface area contributed by atoms with Crippen molar-refractivity contribution in [2.24, 2.45) is 11.8 Å². The summed E-state index contributed by atoms with van der Waals surface area (Å²) in [4.78, 5) is 11.5. The van der Waals surface area contributed by atoms with Crippen molar-refractivity contribution in [1.29, 1.82) is 0 Å². The smallest absolute Gasteiger partial charge is 0.243 e. The lowest BCUT2D eigenvalue weighted by Gasteiger charge is -2.03. The summed E-state index contributed by atoms with van der Waals surface area (Å²) in [7, 11) is 0. The molecule has 1 fully saturated rings. The van der Waals surface area contributed by atoms with E-state index < -0.39 is 0 Å². The first-order valence-electron chi connectivity index (χ1n) is 7.55. The predicted octanol–water partition coefficient (Wildman–Crippen LogP) is 4.98. The molecule has 1 aromatic rings. The molecule has 0 bridgehead atoms. The largest absolute Gasteiger partial charge is 0.352 e. The number of rotatable bonds is 6. The van der Waals surface area contributed by atoms with Crippen molar-refractivity contribution >= 4 is 29.1 Å². The normalized spacial score (nSPS) is 21.0. The Balaban J connectivity index is 1.78. The number of hydrogen-bond acceptors (Lipinski definition) is 1. The Bertz CT molecular complexity index is 593. The molecular formula is C18H21Cl2NO. The molecule has 2 rings (SSSR count). The molecule has 4 heteroatoms. The van der Waals surface area contributed by atoms with Crippen molar-refractivity contribution in [3.8, 4) is 0 Å². The highest BCUT2D eigenvalue weighted by Crippen LogP contribution is 2.49. The number of nitrogens with one attached hydrogen (secondary N) is 1. The second-order valence-corrected chi connectivity index (χ2v) is 6.88. The van der Waals surface area contributed by atoms with Gasteiger partial charge in [-0.3, -0.25) is 4.79 Å². The molecule has 0 heterocycles. The molecule has 1 aromatic carbocycles. The maximum atomic E-state index is 11.5. The van der Waals surface area contributed by atoms with Crippen molar-refractivity contribution in [2.75, 3.05) is 6.54 Å². The van der Waals surface area contributed by atoms with Gasteiger partial charge in [0.1, 0.15) is 0 Å². The van der Waals surface area contributed by atoms with Crippen LogP contribution in [-0.2, 0) is 4.79 Å². The van der Waals surface area contributed by atoms with Gasteiger partial charge in [0.15, 0.2) is 0 Å². The highest BCUT2D eigenvalue weighted by Gasteiger charge is 2.36. The van der Waals surface area contributed by atoms with Gasteiger partial charge in [0.25, 0.3) is 0 Å². The van der Waals surface area contributed by atoms with Crippen molar-refractivity contribution in [1.82, 2.24) is 5.32 Å². The summed E-state index contributed by atoms with van der Waals surface area (Å²) >= 11 is 12.0. The van der Waals surface area contributed by atoms with Crippen LogP contribution in [0.3, 0.4) is 0 Å². The van der Waals surface area contributed by atoms with Gasteiger partial charge in [0.05, 0.1) is 10.0 Å². The summed E-state index contributed by atoms with van der Waals surface area (Å²) < 4.78 is 0. The molecule has 0 aliphatic heterocycles. The van der Waals surface area contributed by atoms with Crippen LogP contribution in [0.5, 0.6) is 0 Å². The second kappa shape index (κ2) is 7.85. The number of carbonyl (C=O) groups is 1. The molecule has 118 valence electrons. The lowest BCUT2D eigenvalue weighted by atomic mass is 10.1. The molecular weight excluding hydrogens is 317 g/mol. The van der Waals surface area contributed by atoms with Gasteiger partial charge >= 0.3 is 0 Å². The molecule has 1 aliphatic rings. The third kappa shape index (κ3) is 5.19. The van der Waals surface area contributed by atoms with Crippen molar-refractivity contribution < 1.29 is 4.79 Å². The molecule has 1 N–H and O–H groups in total. The van der Waals surface area contributed by atoms with Gasteiger partial charge in [-0.05, 0) is 41.9 Å². The van der Waals surface area contributed by atoms with Crippen LogP contribution < -0.4 is 5.32 Å². The summed E-state index contributed by atoms with van der Waals surface area (Å²) in [6, 6.07) is 5.82. The van der Waals surface area contributed by atoms with Crippen molar-refractivity contribution in [3.05, 3.63) is 58.1 Å². The highest BCUT2D eigenvalue weighted by molar-refractivity contribution is 6.42. The molecule has 0 radical (unpaired) electrons. The second-order valence-electron chi connectivity index (χ2n) is 6.06.